The Morgan fingerprint density at radius 2 is 1.66 bits per heavy atom. The van der Waals surface area contributed by atoms with Gasteiger partial charge in [-0.25, -0.2) is 18.3 Å². The third kappa shape index (κ3) is 5.26. The Bertz CT molecular complexity index is 1140. The standard InChI is InChI=1S/C24H23F2N3O3/c1-4-32-24(31)23(27-21(30)14-7-17-5-8-18(25)9-6-17)22-15(2)28-29(16(22)3)20-12-10-19(26)11-13-20/h5-14,23H,4H2,1-3H3,(H,27,30)/b14-7+/t23-/m1/s1. The summed E-state index contributed by atoms with van der Waals surface area (Å²) in [6, 6.07) is 10.3. The summed E-state index contributed by atoms with van der Waals surface area (Å²) in [6.45, 7) is 5.29. The average molecular weight is 439 g/mol. The Hall–Kier alpha value is -3.81. The van der Waals surface area contributed by atoms with Gasteiger partial charge in [-0.15, -0.1) is 0 Å². The van der Waals surface area contributed by atoms with Crippen LogP contribution in [0, 0.1) is 25.5 Å². The fourth-order valence-electron chi connectivity index (χ4n) is 3.32. The molecular weight excluding hydrogens is 416 g/mol. The first-order chi connectivity index (χ1) is 15.3. The number of ether oxygens (including phenoxy) is 1. The van der Waals surface area contributed by atoms with Crippen LogP contribution in [0.2, 0.25) is 0 Å². The highest BCUT2D eigenvalue weighted by Gasteiger charge is 2.30. The Labute approximate surface area is 184 Å². The first-order valence-electron chi connectivity index (χ1n) is 10.0. The molecule has 3 aromatic rings. The van der Waals surface area contributed by atoms with E-state index in [2.05, 4.69) is 10.4 Å². The molecule has 0 saturated carbocycles. The van der Waals surface area contributed by atoms with Gasteiger partial charge in [0, 0.05) is 17.3 Å². The van der Waals surface area contributed by atoms with Gasteiger partial charge in [0.2, 0.25) is 5.91 Å². The number of halogens is 2. The van der Waals surface area contributed by atoms with E-state index in [4.69, 9.17) is 4.74 Å². The molecule has 0 aliphatic rings. The topological polar surface area (TPSA) is 73.2 Å². The van der Waals surface area contributed by atoms with Crippen molar-refractivity contribution in [2.75, 3.05) is 6.61 Å². The highest BCUT2D eigenvalue weighted by molar-refractivity contribution is 5.95. The Morgan fingerprint density at radius 1 is 1.06 bits per heavy atom. The van der Waals surface area contributed by atoms with Crippen molar-refractivity contribution < 1.29 is 23.1 Å². The first kappa shape index (κ1) is 22.9. The molecule has 0 aliphatic carbocycles. The maximum Gasteiger partial charge on any atom is 0.333 e. The Kier molecular flexibility index (Phi) is 7.14. The van der Waals surface area contributed by atoms with Gasteiger partial charge in [0.15, 0.2) is 6.04 Å². The minimum atomic E-state index is -1.09. The van der Waals surface area contributed by atoms with Gasteiger partial charge in [0.25, 0.3) is 0 Å². The summed E-state index contributed by atoms with van der Waals surface area (Å²) < 4.78 is 33.1. The monoisotopic (exact) mass is 439 g/mol. The summed E-state index contributed by atoms with van der Waals surface area (Å²) in [7, 11) is 0. The van der Waals surface area contributed by atoms with Crippen LogP contribution in [0.1, 0.15) is 35.5 Å². The van der Waals surface area contributed by atoms with Crippen molar-refractivity contribution in [3.8, 4) is 5.69 Å². The predicted molar refractivity (Wildman–Crippen MR) is 116 cm³/mol. The molecule has 166 valence electrons. The van der Waals surface area contributed by atoms with E-state index in [1.165, 1.54) is 48.6 Å². The SMILES string of the molecule is CCOC(=O)[C@H](NC(=O)/C=C/c1ccc(F)cc1)c1c(C)nn(-c2ccc(F)cc2)c1C. The maximum atomic E-state index is 13.3. The summed E-state index contributed by atoms with van der Waals surface area (Å²) >= 11 is 0. The molecule has 2 aromatic carbocycles. The molecular formula is C24H23F2N3O3. The number of aromatic nitrogens is 2. The lowest BCUT2D eigenvalue weighted by Gasteiger charge is -2.17. The second kappa shape index (κ2) is 10.00. The average Bonchev–Trinajstić information content (AvgIpc) is 3.06. The molecule has 3 rings (SSSR count). The van der Waals surface area contributed by atoms with E-state index in [9.17, 15) is 18.4 Å². The van der Waals surface area contributed by atoms with Crippen molar-refractivity contribution in [3.63, 3.8) is 0 Å². The number of nitrogens with one attached hydrogen (secondary N) is 1. The number of rotatable bonds is 7. The Balaban J connectivity index is 1.90. The molecule has 32 heavy (non-hydrogen) atoms. The number of nitrogens with zero attached hydrogens (tertiary/aromatic N) is 2. The van der Waals surface area contributed by atoms with Crippen molar-refractivity contribution >= 4 is 18.0 Å². The fraction of sp³-hybridized carbons (Fsp3) is 0.208. The number of carbonyl (C=O) groups excluding carboxylic acids is 2. The second-order valence-electron chi connectivity index (χ2n) is 7.05. The molecule has 1 atom stereocenters. The third-order valence-electron chi connectivity index (χ3n) is 4.81. The largest absolute Gasteiger partial charge is 0.464 e. The first-order valence-corrected chi connectivity index (χ1v) is 10.0. The smallest absolute Gasteiger partial charge is 0.333 e. The zero-order valence-electron chi connectivity index (χ0n) is 17.9. The van der Waals surface area contributed by atoms with E-state index in [1.807, 2.05) is 0 Å². The molecule has 1 amide bonds. The van der Waals surface area contributed by atoms with Crippen LogP contribution in [0.3, 0.4) is 0 Å². The lowest BCUT2D eigenvalue weighted by molar-refractivity contribution is -0.147. The zero-order chi connectivity index (χ0) is 23.3. The van der Waals surface area contributed by atoms with Gasteiger partial charge in [-0.3, -0.25) is 4.79 Å². The van der Waals surface area contributed by atoms with Crippen molar-refractivity contribution in [2.45, 2.75) is 26.8 Å². The maximum absolute atomic E-state index is 13.3. The molecule has 0 spiro atoms. The molecule has 0 radical (unpaired) electrons. The summed E-state index contributed by atoms with van der Waals surface area (Å²) in [6.07, 6.45) is 2.77. The number of aryl methyl sites for hydroxylation is 1. The molecule has 0 fully saturated rings. The van der Waals surface area contributed by atoms with E-state index < -0.39 is 17.9 Å². The summed E-state index contributed by atoms with van der Waals surface area (Å²) in [5.41, 5.74) is 2.87. The zero-order valence-corrected chi connectivity index (χ0v) is 17.9. The molecule has 0 bridgehead atoms. The molecule has 6 nitrogen and oxygen atoms in total. The number of amides is 1. The molecule has 0 saturated heterocycles. The molecule has 0 unspecified atom stereocenters. The van der Waals surface area contributed by atoms with Crippen LogP contribution in [0.15, 0.2) is 54.6 Å². The minimum Gasteiger partial charge on any atom is -0.464 e. The van der Waals surface area contributed by atoms with E-state index in [-0.39, 0.29) is 18.2 Å². The van der Waals surface area contributed by atoms with Crippen LogP contribution in [-0.2, 0) is 14.3 Å². The van der Waals surface area contributed by atoms with Crippen molar-refractivity contribution in [3.05, 3.63) is 88.8 Å². The number of hydrogen-bond acceptors (Lipinski definition) is 4. The highest BCUT2D eigenvalue weighted by atomic mass is 19.1. The van der Waals surface area contributed by atoms with Gasteiger partial charge in [0.05, 0.1) is 18.0 Å². The van der Waals surface area contributed by atoms with E-state index in [1.54, 1.807) is 37.6 Å². The van der Waals surface area contributed by atoms with Crippen molar-refractivity contribution in [1.82, 2.24) is 15.1 Å². The van der Waals surface area contributed by atoms with E-state index in [0.29, 0.717) is 28.2 Å². The normalized spacial score (nSPS) is 12.0. The van der Waals surface area contributed by atoms with Crippen LogP contribution in [0.4, 0.5) is 8.78 Å². The second-order valence-corrected chi connectivity index (χ2v) is 7.05. The summed E-state index contributed by atoms with van der Waals surface area (Å²) in [4.78, 5) is 25.3. The van der Waals surface area contributed by atoms with Gasteiger partial charge in [0.1, 0.15) is 11.6 Å². The van der Waals surface area contributed by atoms with Crippen LogP contribution in [-0.4, -0.2) is 28.3 Å². The van der Waals surface area contributed by atoms with Gasteiger partial charge in [-0.05, 0) is 68.8 Å². The number of carbonyl (C=O) groups is 2. The quantitative estimate of drug-likeness (QED) is 0.442. The summed E-state index contributed by atoms with van der Waals surface area (Å²) in [5, 5.41) is 7.13. The van der Waals surface area contributed by atoms with Crippen LogP contribution < -0.4 is 5.32 Å². The predicted octanol–water partition coefficient (Wildman–Crippen LogP) is 4.20. The van der Waals surface area contributed by atoms with Gasteiger partial charge in [-0.1, -0.05) is 12.1 Å². The highest BCUT2D eigenvalue weighted by Crippen LogP contribution is 2.25. The number of hydrogen-bond donors (Lipinski definition) is 1. The molecule has 8 heteroatoms. The lowest BCUT2D eigenvalue weighted by Crippen LogP contribution is -2.34. The molecule has 1 N–H and O–H groups in total. The van der Waals surface area contributed by atoms with Gasteiger partial charge in [-0.2, -0.15) is 5.10 Å². The molecule has 1 aromatic heterocycles. The van der Waals surface area contributed by atoms with E-state index >= 15 is 0 Å². The Morgan fingerprint density at radius 3 is 2.25 bits per heavy atom. The number of esters is 1. The third-order valence-corrected chi connectivity index (χ3v) is 4.81. The van der Waals surface area contributed by atoms with Crippen molar-refractivity contribution in [2.24, 2.45) is 0 Å². The molecule has 1 heterocycles. The van der Waals surface area contributed by atoms with Crippen LogP contribution >= 0.6 is 0 Å². The van der Waals surface area contributed by atoms with Gasteiger partial charge < -0.3 is 10.1 Å². The number of benzene rings is 2. The summed E-state index contributed by atoms with van der Waals surface area (Å²) in [5.74, 6) is -1.90. The van der Waals surface area contributed by atoms with Gasteiger partial charge >= 0.3 is 5.97 Å². The van der Waals surface area contributed by atoms with Crippen molar-refractivity contribution in [1.29, 1.82) is 0 Å². The lowest BCUT2D eigenvalue weighted by atomic mass is 10.0. The fourth-order valence-corrected chi connectivity index (χ4v) is 3.32. The molecule has 0 aliphatic heterocycles. The van der Waals surface area contributed by atoms with Crippen LogP contribution in [0.25, 0.3) is 11.8 Å². The minimum absolute atomic E-state index is 0.140. The van der Waals surface area contributed by atoms with Crippen LogP contribution in [0.5, 0.6) is 0 Å². The van der Waals surface area contributed by atoms with E-state index in [0.717, 1.165) is 0 Å².